The fourth-order valence-corrected chi connectivity index (χ4v) is 1.72. The minimum Gasteiger partial charge on any atom is -0.258 e. The van der Waals surface area contributed by atoms with E-state index in [9.17, 15) is 4.91 Å². The smallest absolute Gasteiger partial charge is 0.161 e. The Morgan fingerprint density at radius 1 is 1.18 bits per heavy atom. The molecule has 0 saturated heterocycles. The first-order valence-corrected chi connectivity index (χ1v) is 5.40. The Kier molecular flexibility index (Phi) is 3.23. The molecular weight excluding hydrogens is 214 g/mol. The lowest BCUT2D eigenvalue weighted by Crippen LogP contribution is -2.05. The number of aromatic nitrogens is 2. The summed E-state index contributed by atoms with van der Waals surface area (Å²) in [6.45, 7) is 3.69. The molecule has 0 spiro atoms. The van der Waals surface area contributed by atoms with E-state index in [1.165, 1.54) is 0 Å². The number of benzene rings is 1. The Morgan fingerprint density at radius 2 is 1.88 bits per heavy atom. The monoisotopic (exact) mass is 227 g/mol. The third-order valence-corrected chi connectivity index (χ3v) is 2.59. The predicted molar refractivity (Wildman–Crippen MR) is 65.6 cm³/mol. The third kappa shape index (κ3) is 2.36. The zero-order valence-electron chi connectivity index (χ0n) is 9.79. The highest BCUT2D eigenvalue weighted by Crippen LogP contribution is 2.25. The molecule has 2 aromatic rings. The summed E-state index contributed by atoms with van der Waals surface area (Å²) < 4.78 is 0. The molecule has 1 aromatic carbocycles. The van der Waals surface area contributed by atoms with Gasteiger partial charge in [0.1, 0.15) is 0 Å². The molecule has 4 nitrogen and oxygen atoms in total. The Balaban J connectivity index is 2.49. The molecule has 1 aromatic heterocycles. The normalized spacial score (nSPS) is 12.1. The van der Waals surface area contributed by atoms with Gasteiger partial charge in [0.2, 0.25) is 0 Å². The van der Waals surface area contributed by atoms with Gasteiger partial charge in [0.15, 0.2) is 6.04 Å². The minimum absolute atomic E-state index is 0.580. The van der Waals surface area contributed by atoms with E-state index in [1.807, 2.05) is 44.2 Å². The molecule has 0 aliphatic heterocycles. The van der Waals surface area contributed by atoms with Crippen molar-refractivity contribution in [1.29, 1.82) is 0 Å². The van der Waals surface area contributed by atoms with Crippen LogP contribution in [0.15, 0.2) is 41.7 Å². The highest BCUT2D eigenvalue weighted by molar-refractivity contribution is 5.30. The summed E-state index contributed by atoms with van der Waals surface area (Å²) in [5, 5.41) is 3.18. The van der Waals surface area contributed by atoms with Gasteiger partial charge in [-0.15, -0.1) is 4.91 Å². The lowest BCUT2D eigenvalue weighted by Gasteiger charge is -2.11. The molecule has 0 radical (unpaired) electrons. The van der Waals surface area contributed by atoms with Crippen LogP contribution in [0.25, 0.3) is 0 Å². The SMILES string of the molecule is Cc1cnc(C)c(C(N=O)c2ccccc2)n1. The van der Waals surface area contributed by atoms with Gasteiger partial charge in [-0.3, -0.25) is 9.97 Å². The van der Waals surface area contributed by atoms with Crippen molar-refractivity contribution in [3.8, 4) is 0 Å². The average Bonchev–Trinajstić information content (AvgIpc) is 2.36. The molecule has 1 unspecified atom stereocenters. The average molecular weight is 227 g/mol. The van der Waals surface area contributed by atoms with Crippen molar-refractivity contribution in [2.75, 3.05) is 0 Å². The van der Waals surface area contributed by atoms with Crippen molar-refractivity contribution in [3.05, 3.63) is 64.1 Å². The van der Waals surface area contributed by atoms with E-state index in [0.717, 1.165) is 17.0 Å². The number of hydrogen-bond acceptors (Lipinski definition) is 4. The van der Waals surface area contributed by atoms with E-state index in [1.54, 1.807) is 6.20 Å². The zero-order chi connectivity index (χ0) is 12.3. The third-order valence-electron chi connectivity index (χ3n) is 2.59. The lowest BCUT2D eigenvalue weighted by molar-refractivity contribution is 0.788. The van der Waals surface area contributed by atoms with Crippen LogP contribution in [0.4, 0.5) is 0 Å². The standard InChI is InChI=1S/C13H13N3O/c1-9-8-14-10(2)12(15-9)13(16-17)11-6-4-3-5-7-11/h3-8,13H,1-2H3. The highest BCUT2D eigenvalue weighted by Gasteiger charge is 2.19. The highest BCUT2D eigenvalue weighted by atomic mass is 16.3. The first-order valence-electron chi connectivity index (χ1n) is 5.40. The second-order valence-corrected chi connectivity index (χ2v) is 3.90. The van der Waals surface area contributed by atoms with Gasteiger partial charge in [-0.05, 0) is 19.4 Å². The maximum atomic E-state index is 11.1. The molecule has 0 fully saturated rings. The van der Waals surface area contributed by atoms with Crippen molar-refractivity contribution in [3.63, 3.8) is 0 Å². The van der Waals surface area contributed by atoms with E-state index in [0.29, 0.717) is 5.69 Å². The largest absolute Gasteiger partial charge is 0.258 e. The van der Waals surface area contributed by atoms with Crippen LogP contribution >= 0.6 is 0 Å². The van der Waals surface area contributed by atoms with Crippen LogP contribution in [-0.2, 0) is 0 Å². The second-order valence-electron chi connectivity index (χ2n) is 3.90. The van der Waals surface area contributed by atoms with E-state index in [2.05, 4.69) is 15.1 Å². The van der Waals surface area contributed by atoms with Gasteiger partial charge < -0.3 is 0 Å². The summed E-state index contributed by atoms with van der Waals surface area (Å²) in [7, 11) is 0. The van der Waals surface area contributed by atoms with Crippen LogP contribution < -0.4 is 0 Å². The van der Waals surface area contributed by atoms with Gasteiger partial charge in [0.05, 0.1) is 17.1 Å². The molecule has 1 atom stereocenters. The maximum Gasteiger partial charge on any atom is 0.161 e. The Morgan fingerprint density at radius 3 is 2.53 bits per heavy atom. The van der Waals surface area contributed by atoms with E-state index in [4.69, 9.17) is 0 Å². The molecule has 1 heterocycles. The molecule has 17 heavy (non-hydrogen) atoms. The number of nitroso groups, excluding NO2 is 1. The van der Waals surface area contributed by atoms with Crippen LogP contribution in [-0.4, -0.2) is 9.97 Å². The summed E-state index contributed by atoms with van der Waals surface area (Å²) in [5.74, 6) is 0. The topological polar surface area (TPSA) is 55.2 Å². The van der Waals surface area contributed by atoms with Crippen molar-refractivity contribution in [1.82, 2.24) is 9.97 Å². The van der Waals surface area contributed by atoms with Crippen LogP contribution in [0.1, 0.15) is 28.7 Å². The molecule has 0 saturated carbocycles. The van der Waals surface area contributed by atoms with Crippen molar-refractivity contribution < 1.29 is 0 Å². The molecule has 0 bridgehead atoms. The molecule has 0 aliphatic rings. The number of rotatable bonds is 3. The van der Waals surface area contributed by atoms with E-state index in [-0.39, 0.29) is 0 Å². The van der Waals surface area contributed by atoms with Crippen molar-refractivity contribution >= 4 is 0 Å². The summed E-state index contributed by atoms with van der Waals surface area (Å²) in [4.78, 5) is 19.6. The molecule has 0 aliphatic carbocycles. The fraction of sp³-hybridized carbons (Fsp3) is 0.231. The van der Waals surface area contributed by atoms with Crippen molar-refractivity contribution in [2.45, 2.75) is 19.9 Å². The molecule has 86 valence electrons. The lowest BCUT2D eigenvalue weighted by atomic mass is 10.0. The number of hydrogen-bond donors (Lipinski definition) is 0. The van der Waals surface area contributed by atoms with Crippen LogP contribution in [0.5, 0.6) is 0 Å². The van der Waals surface area contributed by atoms with Gasteiger partial charge in [0.25, 0.3) is 0 Å². The predicted octanol–water partition coefficient (Wildman–Crippen LogP) is 2.95. The summed E-state index contributed by atoms with van der Waals surface area (Å²) in [6.07, 6.45) is 1.69. The molecule has 4 heteroatoms. The number of nitrogens with zero attached hydrogens (tertiary/aromatic N) is 3. The van der Waals surface area contributed by atoms with Gasteiger partial charge in [-0.2, -0.15) is 0 Å². The quantitative estimate of drug-likeness (QED) is 0.757. The van der Waals surface area contributed by atoms with Crippen LogP contribution in [0.3, 0.4) is 0 Å². The van der Waals surface area contributed by atoms with Gasteiger partial charge in [-0.25, -0.2) is 0 Å². The van der Waals surface area contributed by atoms with Crippen LogP contribution in [0, 0.1) is 18.8 Å². The first kappa shape index (κ1) is 11.4. The Labute approximate surface area is 99.7 Å². The van der Waals surface area contributed by atoms with Gasteiger partial charge in [0, 0.05) is 6.20 Å². The fourth-order valence-electron chi connectivity index (χ4n) is 1.72. The molecular formula is C13H13N3O. The Hall–Kier alpha value is -2.10. The number of aryl methyl sites for hydroxylation is 2. The second kappa shape index (κ2) is 4.82. The first-order chi connectivity index (χ1) is 8.22. The Bertz CT molecular complexity index is 525. The van der Waals surface area contributed by atoms with Gasteiger partial charge in [-0.1, -0.05) is 35.5 Å². The molecule has 2 rings (SSSR count). The maximum absolute atomic E-state index is 11.1. The molecule has 0 N–H and O–H groups in total. The minimum atomic E-state index is -0.580. The van der Waals surface area contributed by atoms with Crippen molar-refractivity contribution in [2.24, 2.45) is 5.18 Å². The summed E-state index contributed by atoms with van der Waals surface area (Å²) >= 11 is 0. The van der Waals surface area contributed by atoms with E-state index >= 15 is 0 Å². The summed E-state index contributed by atoms with van der Waals surface area (Å²) in [5.41, 5.74) is 3.00. The van der Waals surface area contributed by atoms with E-state index < -0.39 is 6.04 Å². The summed E-state index contributed by atoms with van der Waals surface area (Å²) in [6, 6.07) is 8.83. The molecule has 0 amide bonds. The van der Waals surface area contributed by atoms with Crippen LogP contribution in [0.2, 0.25) is 0 Å². The zero-order valence-corrected chi connectivity index (χ0v) is 9.79. The van der Waals surface area contributed by atoms with Gasteiger partial charge >= 0.3 is 0 Å².